The SMILES string of the molecule is NCC1COC(O)N1. The Morgan fingerprint density at radius 1 is 1.88 bits per heavy atom. The summed E-state index contributed by atoms with van der Waals surface area (Å²) in [5.74, 6) is 0. The number of aliphatic hydroxyl groups is 1. The molecule has 0 saturated carbocycles. The first kappa shape index (κ1) is 5.97. The quantitative estimate of drug-likeness (QED) is 0.380. The van der Waals surface area contributed by atoms with Gasteiger partial charge >= 0.3 is 0 Å². The van der Waals surface area contributed by atoms with Crippen molar-refractivity contribution in [3.05, 3.63) is 0 Å². The van der Waals surface area contributed by atoms with Gasteiger partial charge in [-0.3, -0.25) is 5.32 Å². The van der Waals surface area contributed by atoms with Gasteiger partial charge in [-0.05, 0) is 0 Å². The highest BCUT2D eigenvalue weighted by atomic mass is 16.6. The van der Waals surface area contributed by atoms with Gasteiger partial charge in [-0.15, -0.1) is 0 Å². The van der Waals surface area contributed by atoms with Crippen molar-refractivity contribution < 1.29 is 9.84 Å². The van der Waals surface area contributed by atoms with Crippen LogP contribution in [0.15, 0.2) is 0 Å². The molecule has 1 fully saturated rings. The summed E-state index contributed by atoms with van der Waals surface area (Å²) in [7, 11) is 0. The van der Waals surface area contributed by atoms with Crippen LogP contribution in [-0.4, -0.2) is 30.7 Å². The molecule has 2 atom stereocenters. The average Bonchev–Trinajstić information content (AvgIpc) is 2.14. The van der Waals surface area contributed by atoms with E-state index in [2.05, 4.69) is 5.32 Å². The highest BCUT2D eigenvalue weighted by Crippen LogP contribution is 1.96. The van der Waals surface area contributed by atoms with Gasteiger partial charge in [0.1, 0.15) is 0 Å². The zero-order valence-electron chi connectivity index (χ0n) is 4.50. The number of aliphatic hydroxyl groups excluding tert-OH is 1. The Kier molecular flexibility index (Phi) is 1.80. The third-order valence-corrected chi connectivity index (χ3v) is 1.12. The summed E-state index contributed by atoms with van der Waals surface area (Å²) in [6, 6.07) is 0.130. The van der Waals surface area contributed by atoms with Crippen LogP contribution in [0, 0.1) is 0 Å². The van der Waals surface area contributed by atoms with Gasteiger partial charge in [0.05, 0.1) is 6.61 Å². The fourth-order valence-electron chi connectivity index (χ4n) is 0.641. The zero-order valence-corrected chi connectivity index (χ0v) is 4.50. The second kappa shape index (κ2) is 2.41. The van der Waals surface area contributed by atoms with Gasteiger partial charge in [0.15, 0.2) is 0 Å². The summed E-state index contributed by atoms with van der Waals surface area (Å²) < 4.78 is 4.72. The van der Waals surface area contributed by atoms with E-state index in [9.17, 15) is 0 Å². The maximum absolute atomic E-state index is 8.64. The predicted octanol–water partition coefficient (Wildman–Crippen LogP) is -1.79. The number of nitrogens with one attached hydrogen (secondary N) is 1. The van der Waals surface area contributed by atoms with Gasteiger partial charge in [-0.2, -0.15) is 0 Å². The first-order chi connectivity index (χ1) is 3.83. The van der Waals surface area contributed by atoms with Crippen LogP contribution in [0.3, 0.4) is 0 Å². The van der Waals surface area contributed by atoms with Crippen molar-refractivity contribution in [1.82, 2.24) is 5.32 Å². The minimum absolute atomic E-state index is 0.130. The lowest BCUT2D eigenvalue weighted by Crippen LogP contribution is -2.35. The maximum Gasteiger partial charge on any atom is 0.213 e. The van der Waals surface area contributed by atoms with Gasteiger partial charge in [0, 0.05) is 12.6 Å². The molecule has 4 N–H and O–H groups in total. The van der Waals surface area contributed by atoms with Crippen LogP contribution in [-0.2, 0) is 4.74 Å². The molecule has 0 aliphatic carbocycles. The highest BCUT2D eigenvalue weighted by Gasteiger charge is 2.19. The third-order valence-electron chi connectivity index (χ3n) is 1.12. The first-order valence-corrected chi connectivity index (χ1v) is 2.58. The first-order valence-electron chi connectivity index (χ1n) is 2.58. The molecular weight excluding hydrogens is 108 g/mol. The van der Waals surface area contributed by atoms with Crippen molar-refractivity contribution in [2.75, 3.05) is 13.2 Å². The lowest BCUT2D eigenvalue weighted by Gasteiger charge is -2.02. The molecule has 1 saturated heterocycles. The summed E-state index contributed by atoms with van der Waals surface area (Å²) >= 11 is 0. The summed E-state index contributed by atoms with van der Waals surface area (Å²) in [4.78, 5) is 0. The number of hydrogen-bond donors (Lipinski definition) is 3. The van der Waals surface area contributed by atoms with Crippen LogP contribution in [0.2, 0.25) is 0 Å². The lowest BCUT2D eigenvalue weighted by molar-refractivity contribution is -0.0719. The Hall–Kier alpha value is -0.160. The van der Waals surface area contributed by atoms with E-state index in [-0.39, 0.29) is 6.04 Å². The maximum atomic E-state index is 8.64. The van der Waals surface area contributed by atoms with E-state index in [1.165, 1.54) is 0 Å². The molecule has 48 valence electrons. The second-order valence-electron chi connectivity index (χ2n) is 1.78. The van der Waals surface area contributed by atoms with E-state index in [0.29, 0.717) is 13.2 Å². The van der Waals surface area contributed by atoms with Gasteiger partial charge in [0.25, 0.3) is 0 Å². The Morgan fingerprint density at radius 2 is 2.62 bits per heavy atom. The third kappa shape index (κ3) is 1.16. The largest absolute Gasteiger partial charge is 0.356 e. The monoisotopic (exact) mass is 118 g/mol. The minimum Gasteiger partial charge on any atom is -0.356 e. The molecule has 0 amide bonds. The zero-order chi connectivity index (χ0) is 5.98. The molecule has 4 heteroatoms. The van der Waals surface area contributed by atoms with Crippen LogP contribution in [0.4, 0.5) is 0 Å². The van der Waals surface area contributed by atoms with Crippen molar-refractivity contribution in [1.29, 1.82) is 0 Å². The molecule has 4 nitrogen and oxygen atoms in total. The highest BCUT2D eigenvalue weighted by molar-refractivity contribution is 4.70. The molecule has 1 rings (SSSR count). The summed E-state index contributed by atoms with van der Waals surface area (Å²) in [6.07, 6.45) is -0.802. The molecule has 8 heavy (non-hydrogen) atoms. The molecule has 1 heterocycles. The Bertz CT molecular complexity index is 78.4. The Balaban J connectivity index is 2.22. The molecule has 1 aliphatic rings. The number of nitrogens with two attached hydrogens (primary N) is 1. The number of rotatable bonds is 1. The number of hydrogen-bond acceptors (Lipinski definition) is 4. The lowest BCUT2D eigenvalue weighted by atomic mass is 10.3. The van der Waals surface area contributed by atoms with Gasteiger partial charge in [0.2, 0.25) is 6.41 Å². The molecule has 0 bridgehead atoms. The second-order valence-corrected chi connectivity index (χ2v) is 1.78. The fourth-order valence-corrected chi connectivity index (χ4v) is 0.641. The van der Waals surface area contributed by atoms with Crippen LogP contribution in [0.25, 0.3) is 0 Å². The van der Waals surface area contributed by atoms with E-state index in [1.54, 1.807) is 0 Å². The average molecular weight is 118 g/mol. The van der Waals surface area contributed by atoms with E-state index < -0.39 is 6.41 Å². The smallest absolute Gasteiger partial charge is 0.213 e. The van der Waals surface area contributed by atoms with Crippen molar-refractivity contribution in [2.45, 2.75) is 12.5 Å². The van der Waals surface area contributed by atoms with Crippen molar-refractivity contribution in [3.63, 3.8) is 0 Å². The van der Waals surface area contributed by atoms with Gasteiger partial charge in [-0.25, -0.2) is 0 Å². The van der Waals surface area contributed by atoms with Gasteiger partial charge in [-0.1, -0.05) is 0 Å². The van der Waals surface area contributed by atoms with E-state index in [4.69, 9.17) is 15.6 Å². The van der Waals surface area contributed by atoms with Crippen LogP contribution in [0.5, 0.6) is 0 Å². The molecule has 0 aromatic heterocycles. The van der Waals surface area contributed by atoms with E-state index in [0.717, 1.165) is 0 Å². The Morgan fingerprint density at radius 3 is 2.88 bits per heavy atom. The molecular formula is C4H10N2O2. The van der Waals surface area contributed by atoms with E-state index >= 15 is 0 Å². The summed E-state index contributed by atoms with van der Waals surface area (Å²) in [5, 5.41) is 11.4. The molecule has 0 aromatic rings. The predicted molar refractivity (Wildman–Crippen MR) is 27.9 cm³/mol. The summed E-state index contributed by atoms with van der Waals surface area (Å²) in [5.41, 5.74) is 5.24. The van der Waals surface area contributed by atoms with Crippen molar-refractivity contribution in [2.24, 2.45) is 5.73 Å². The van der Waals surface area contributed by atoms with Crippen LogP contribution < -0.4 is 11.1 Å². The van der Waals surface area contributed by atoms with Crippen molar-refractivity contribution >= 4 is 0 Å². The summed E-state index contributed by atoms with van der Waals surface area (Å²) in [6.45, 7) is 1.02. The normalized spacial score (nSPS) is 38.2. The van der Waals surface area contributed by atoms with Gasteiger partial charge < -0.3 is 15.6 Å². The molecule has 0 spiro atoms. The van der Waals surface area contributed by atoms with Crippen LogP contribution in [0.1, 0.15) is 0 Å². The van der Waals surface area contributed by atoms with E-state index in [1.807, 2.05) is 0 Å². The fraction of sp³-hybridized carbons (Fsp3) is 1.00. The molecule has 2 unspecified atom stereocenters. The molecule has 0 radical (unpaired) electrons. The topological polar surface area (TPSA) is 67.5 Å². The minimum atomic E-state index is -0.802. The standard InChI is InChI=1S/C4H10N2O2/c5-1-3-2-8-4(7)6-3/h3-4,6-7H,1-2,5H2. The number of ether oxygens (including phenoxy) is 1. The van der Waals surface area contributed by atoms with Crippen molar-refractivity contribution in [3.8, 4) is 0 Å². The molecule has 0 aromatic carbocycles. The Labute approximate surface area is 47.6 Å². The van der Waals surface area contributed by atoms with Crippen LogP contribution >= 0.6 is 0 Å². The molecule has 1 aliphatic heterocycles.